The molecular formula is C26H26N2O4. The van der Waals surface area contributed by atoms with E-state index >= 15 is 0 Å². The highest BCUT2D eigenvalue weighted by Crippen LogP contribution is 2.27. The average Bonchev–Trinajstić information content (AvgIpc) is 3.31. The topological polar surface area (TPSA) is 73.6 Å². The number of hydrogen-bond donors (Lipinski definition) is 1. The van der Waals surface area contributed by atoms with Crippen molar-refractivity contribution in [3.05, 3.63) is 95.8 Å². The largest absolute Gasteiger partial charge is 0.490 e. The van der Waals surface area contributed by atoms with Crippen molar-refractivity contribution in [2.24, 2.45) is 0 Å². The molecule has 32 heavy (non-hydrogen) atoms. The van der Waals surface area contributed by atoms with E-state index < -0.39 is 5.97 Å². The molecule has 0 saturated heterocycles. The number of aryl methyl sites for hydroxylation is 1. The zero-order valence-corrected chi connectivity index (χ0v) is 18.0. The second-order valence-electron chi connectivity index (χ2n) is 7.68. The predicted octanol–water partition coefficient (Wildman–Crippen LogP) is 4.87. The number of carboxylic acids is 1. The van der Waals surface area contributed by atoms with Gasteiger partial charge in [-0.3, -0.25) is 9.48 Å². The normalized spacial score (nSPS) is 12.0. The highest BCUT2D eigenvalue weighted by atomic mass is 16.5. The molecule has 0 aliphatic carbocycles. The van der Waals surface area contributed by atoms with Gasteiger partial charge < -0.3 is 14.6 Å². The Balaban J connectivity index is 1.54. The van der Waals surface area contributed by atoms with Crippen molar-refractivity contribution in [1.29, 1.82) is 0 Å². The van der Waals surface area contributed by atoms with E-state index in [1.807, 2.05) is 47.3 Å². The Morgan fingerprint density at radius 2 is 1.91 bits per heavy atom. The third-order valence-corrected chi connectivity index (χ3v) is 5.46. The minimum absolute atomic E-state index is 0.0489. The van der Waals surface area contributed by atoms with E-state index in [0.717, 1.165) is 22.1 Å². The summed E-state index contributed by atoms with van der Waals surface area (Å²) in [5.41, 5.74) is 2.93. The summed E-state index contributed by atoms with van der Waals surface area (Å²) < 4.78 is 13.8. The Labute approximate surface area is 187 Å². The summed E-state index contributed by atoms with van der Waals surface area (Å²) in [5.74, 6) is -0.152. The number of ether oxygens (including phenoxy) is 2. The first-order chi connectivity index (χ1) is 15.6. The van der Waals surface area contributed by atoms with Crippen LogP contribution in [0.25, 0.3) is 10.8 Å². The van der Waals surface area contributed by atoms with Gasteiger partial charge in [0.2, 0.25) is 0 Å². The predicted molar refractivity (Wildman–Crippen MR) is 123 cm³/mol. The van der Waals surface area contributed by atoms with Crippen LogP contribution in [-0.4, -0.2) is 34.6 Å². The molecule has 1 atom stereocenters. The minimum atomic E-state index is -0.831. The molecule has 6 heteroatoms. The van der Waals surface area contributed by atoms with Gasteiger partial charge in [0.25, 0.3) is 0 Å². The Morgan fingerprint density at radius 3 is 2.66 bits per heavy atom. The molecule has 1 aromatic heterocycles. The summed E-state index contributed by atoms with van der Waals surface area (Å²) >= 11 is 0. The van der Waals surface area contributed by atoms with Crippen molar-refractivity contribution in [3.8, 4) is 5.75 Å². The van der Waals surface area contributed by atoms with Crippen LogP contribution in [0.1, 0.15) is 29.2 Å². The number of carbonyl (C=O) groups is 1. The molecule has 1 heterocycles. The summed E-state index contributed by atoms with van der Waals surface area (Å²) in [6.07, 6.45) is 3.85. The SMILES string of the molecule is COC(COc1cc(Cn2cccn2)ccc1CCC(=O)O)c1ccc2ccccc2c1. The maximum absolute atomic E-state index is 11.1. The molecule has 0 aliphatic rings. The monoisotopic (exact) mass is 430 g/mol. The molecule has 1 N–H and O–H groups in total. The third kappa shape index (κ3) is 5.34. The summed E-state index contributed by atoms with van der Waals surface area (Å²) in [6, 6.07) is 22.2. The van der Waals surface area contributed by atoms with E-state index in [9.17, 15) is 4.79 Å². The molecule has 0 amide bonds. The number of fused-ring (bicyclic) bond motifs is 1. The molecular weight excluding hydrogens is 404 g/mol. The van der Waals surface area contributed by atoms with Crippen LogP contribution in [-0.2, 0) is 22.5 Å². The highest BCUT2D eigenvalue weighted by Gasteiger charge is 2.15. The lowest BCUT2D eigenvalue weighted by Crippen LogP contribution is -2.14. The quantitative estimate of drug-likeness (QED) is 0.389. The molecule has 4 aromatic rings. The van der Waals surface area contributed by atoms with Crippen molar-refractivity contribution in [1.82, 2.24) is 9.78 Å². The fourth-order valence-electron chi connectivity index (χ4n) is 3.73. The molecule has 0 fully saturated rings. The van der Waals surface area contributed by atoms with Gasteiger partial charge in [0, 0.05) is 25.9 Å². The van der Waals surface area contributed by atoms with E-state index in [1.165, 1.54) is 5.39 Å². The smallest absolute Gasteiger partial charge is 0.303 e. The number of rotatable bonds is 10. The van der Waals surface area contributed by atoms with E-state index in [1.54, 1.807) is 13.3 Å². The first-order valence-corrected chi connectivity index (χ1v) is 10.6. The van der Waals surface area contributed by atoms with Crippen LogP contribution in [0.15, 0.2) is 79.1 Å². The fraction of sp³-hybridized carbons (Fsp3) is 0.231. The van der Waals surface area contributed by atoms with Gasteiger partial charge in [0.15, 0.2) is 0 Å². The molecule has 6 nitrogen and oxygen atoms in total. The van der Waals surface area contributed by atoms with Crippen molar-refractivity contribution >= 4 is 16.7 Å². The van der Waals surface area contributed by atoms with E-state index in [4.69, 9.17) is 14.6 Å². The van der Waals surface area contributed by atoms with E-state index in [0.29, 0.717) is 25.3 Å². The van der Waals surface area contributed by atoms with E-state index in [2.05, 4.69) is 35.4 Å². The lowest BCUT2D eigenvalue weighted by Gasteiger charge is -2.19. The summed E-state index contributed by atoms with van der Waals surface area (Å²) in [4.78, 5) is 11.1. The number of nitrogens with zero attached hydrogens (tertiary/aromatic N) is 2. The minimum Gasteiger partial charge on any atom is -0.490 e. The lowest BCUT2D eigenvalue weighted by atomic mass is 10.0. The number of hydrogen-bond acceptors (Lipinski definition) is 4. The molecule has 0 aliphatic heterocycles. The number of aliphatic carboxylic acids is 1. The van der Waals surface area contributed by atoms with Gasteiger partial charge in [0.05, 0.1) is 6.54 Å². The molecule has 164 valence electrons. The average molecular weight is 431 g/mol. The standard InChI is InChI=1S/C26H26N2O4/c1-31-25(23-10-9-20-5-2-3-6-22(20)16-23)18-32-24-15-19(17-28-14-4-13-27-28)7-8-21(24)11-12-26(29)30/h2-10,13-16,25H,11-12,17-18H2,1H3,(H,29,30). The number of methoxy groups -OCH3 is 1. The van der Waals surface area contributed by atoms with Crippen LogP contribution in [0, 0.1) is 0 Å². The van der Waals surface area contributed by atoms with Crippen LogP contribution >= 0.6 is 0 Å². The van der Waals surface area contributed by atoms with Crippen molar-refractivity contribution in [2.45, 2.75) is 25.5 Å². The molecule has 3 aromatic carbocycles. The molecule has 0 spiro atoms. The summed E-state index contributed by atoms with van der Waals surface area (Å²) in [5, 5.41) is 15.7. The third-order valence-electron chi connectivity index (χ3n) is 5.46. The maximum atomic E-state index is 11.1. The first-order valence-electron chi connectivity index (χ1n) is 10.6. The van der Waals surface area contributed by atoms with Crippen LogP contribution in [0.4, 0.5) is 0 Å². The van der Waals surface area contributed by atoms with Crippen molar-refractivity contribution < 1.29 is 19.4 Å². The Bertz CT molecular complexity index is 1190. The second-order valence-corrected chi connectivity index (χ2v) is 7.68. The van der Waals surface area contributed by atoms with Gasteiger partial charge in [-0.05, 0) is 52.1 Å². The Morgan fingerprint density at radius 1 is 1.06 bits per heavy atom. The van der Waals surface area contributed by atoms with Gasteiger partial charge in [-0.15, -0.1) is 0 Å². The van der Waals surface area contributed by atoms with Gasteiger partial charge in [-0.1, -0.05) is 48.5 Å². The molecule has 0 radical (unpaired) electrons. The van der Waals surface area contributed by atoms with Crippen LogP contribution in [0.5, 0.6) is 5.75 Å². The maximum Gasteiger partial charge on any atom is 0.303 e. The lowest BCUT2D eigenvalue weighted by molar-refractivity contribution is -0.136. The highest BCUT2D eigenvalue weighted by molar-refractivity contribution is 5.83. The zero-order valence-electron chi connectivity index (χ0n) is 18.0. The second kappa shape index (κ2) is 10.1. The molecule has 0 bridgehead atoms. The van der Waals surface area contributed by atoms with Gasteiger partial charge in [-0.25, -0.2) is 0 Å². The van der Waals surface area contributed by atoms with Crippen molar-refractivity contribution in [3.63, 3.8) is 0 Å². The van der Waals surface area contributed by atoms with Gasteiger partial charge >= 0.3 is 5.97 Å². The Kier molecular flexibility index (Phi) is 6.82. The number of benzene rings is 3. The number of aromatic nitrogens is 2. The zero-order chi connectivity index (χ0) is 22.3. The number of carboxylic acid groups (broad SMARTS) is 1. The van der Waals surface area contributed by atoms with Crippen LogP contribution < -0.4 is 4.74 Å². The summed E-state index contributed by atoms with van der Waals surface area (Å²) in [6.45, 7) is 0.932. The molecule has 0 saturated carbocycles. The van der Waals surface area contributed by atoms with Gasteiger partial charge in [0.1, 0.15) is 18.5 Å². The van der Waals surface area contributed by atoms with Gasteiger partial charge in [-0.2, -0.15) is 5.10 Å². The van der Waals surface area contributed by atoms with Crippen molar-refractivity contribution in [2.75, 3.05) is 13.7 Å². The van der Waals surface area contributed by atoms with Crippen LogP contribution in [0.3, 0.4) is 0 Å². The van der Waals surface area contributed by atoms with Crippen LogP contribution in [0.2, 0.25) is 0 Å². The Hall–Kier alpha value is -3.64. The summed E-state index contributed by atoms with van der Waals surface area (Å²) in [7, 11) is 1.67. The molecule has 4 rings (SSSR count). The fourth-order valence-corrected chi connectivity index (χ4v) is 3.73. The molecule has 1 unspecified atom stereocenters. The van der Waals surface area contributed by atoms with E-state index in [-0.39, 0.29) is 12.5 Å². The first kappa shape index (κ1) is 21.6.